The number of amides is 2. The molecule has 4 rings (SSSR count). The van der Waals surface area contributed by atoms with E-state index in [-0.39, 0.29) is 44.4 Å². The van der Waals surface area contributed by atoms with E-state index in [1.54, 1.807) is 57.2 Å². The maximum absolute atomic E-state index is 13.1. The van der Waals surface area contributed by atoms with Gasteiger partial charge in [0.25, 0.3) is 5.91 Å². The van der Waals surface area contributed by atoms with Crippen molar-refractivity contribution in [1.82, 2.24) is 9.62 Å². The molecule has 0 unspecified atom stereocenters. The average Bonchev–Trinajstić information content (AvgIpc) is 3.57. The summed E-state index contributed by atoms with van der Waals surface area (Å²) in [6.45, 7) is 5.36. The molecule has 2 amide bonds. The molecule has 0 aromatic heterocycles. The van der Waals surface area contributed by atoms with E-state index in [0.29, 0.717) is 21.9 Å². The van der Waals surface area contributed by atoms with Crippen LogP contribution in [0.3, 0.4) is 0 Å². The van der Waals surface area contributed by atoms with Gasteiger partial charge in [0, 0.05) is 17.2 Å². The van der Waals surface area contributed by atoms with E-state index in [1.165, 1.54) is 4.90 Å². The highest BCUT2D eigenvalue weighted by atomic mass is 35.5. The lowest BCUT2D eigenvalue weighted by Crippen LogP contribution is -2.41. The number of sulfonamides is 1. The first-order valence-corrected chi connectivity index (χ1v) is 18.2. The Kier molecular flexibility index (Phi) is 12.9. The molecule has 3 aromatic carbocycles. The monoisotopic (exact) mass is 700 g/mol. The van der Waals surface area contributed by atoms with Gasteiger partial charge >= 0.3 is 6.09 Å². The first kappa shape index (κ1) is 37.2. The van der Waals surface area contributed by atoms with Crippen LogP contribution in [0.5, 0.6) is 5.75 Å². The van der Waals surface area contributed by atoms with Crippen molar-refractivity contribution >= 4 is 33.6 Å². The number of hydrogen-bond donors (Lipinski definition) is 3. The molecule has 3 aromatic rings. The second-order valence-electron chi connectivity index (χ2n) is 13.0. The van der Waals surface area contributed by atoms with Crippen molar-refractivity contribution in [2.45, 2.75) is 70.5 Å². The summed E-state index contributed by atoms with van der Waals surface area (Å²) in [6.07, 6.45) is 2.43. The Balaban J connectivity index is 1.44. The quantitative estimate of drug-likeness (QED) is 0.174. The molecule has 12 heteroatoms. The molecule has 260 valence electrons. The van der Waals surface area contributed by atoms with Crippen molar-refractivity contribution in [3.63, 3.8) is 0 Å². The van der Waals surface area contributed by atoms with Crippen LogP contribution in [-0.4, -0.2) is 73.2 Å². The molecular formula is C36H45ClN2O8S. The summed E-state index contributed by atoms with van der Waals surface area (Å²) in [6, 6.07) is 19.7. The summed E-state index contributed by atoms with van der Waals surface area (Å²) in [5.74, 6) is -0.257. The van der Waals surface area contributed by atoms with Crippen LogP contribution >= 0.6 is 11.6 Å². The molecule has 1 aliphatic carbocycles. The third-order valence-corrected chi connectivity index (χ3v) is 9.56. The van der Waals surface area contributed by atoms with Crippen LogP contribution in [0.15, 0.2) is 66.7 Å². The van der Waals surface area contributed by atoms with Gasteiger partial charge in [-0.25, -0.2) is 17.9 Å². The van der Waals surface area contributed by atoms with Gasteiger partial charge in [-0.1, -0.05) is 60.8 Å². The van der Waals surface area contributed by atoms with Gasteiger partial charge in [-0.2, -0.15) is 0 Å². The van der Waals surface area contributed by atoms with Crippen LogP contribution in [-0.2, 0) is 14.8 Å². The minimum absolute atomic E-state index is 0.0104. The van der Waals surface area contributed by atoms with Gasteiger partial charge in [0.05, 0.1) is 24.9 Å². The van der Waals surface area contributed by atoms with Crippen LogP contribution in [0.25, 0.3) is 11.1 Å². The van der Waals surface area contributed by atoms with Crippen LogP contribution in [0.2, 0.25) is 5.02 Å². The predicted molar refractivity (Wildman–Crippen MR) is 186 cm³/mol. The normalized spacial score (nSPS) is 14.4. The maximum atomic E-state index is 13.1. The second kappa shape index (κ2) is 16.6. The minimum atomic E-state index is -3.86. The van der Waals surface area contributed by atoms with Crippen molar-refractivity contribution in [3.05, 3.63) is 88.4 Å². The smallest absolute Gasteiger partial charge is 0.410 e. The molecule has 0 spiro atoms. The maximum Gasteiger partial charge on any atom is 0.410 e. The fourth-order valence-electron chi connectivity index (χ4n) is 5.65. The van der Waals surface area contributed by atoms with Gasteiger partial charge in [0.15, 0.2) is 0 Å². The van der Waals surface area contributed by atoms with E-state index in [0.717, 1.165) is 42.4 Å². The van der Waals surface area contributed by atoms with Crippen molar-refractivity contribution in [2.75, 3.05) is 32.1 Å². The summed E-state index contributed by atoms with van der Waals surface area (Å²) in [4.78, 5) is 27.5. The molecule has 0 aliphatic heterocycles. The van der Waals surface area contributed by atoms with Crippen molar-refractivity contribution in [2.24, 2.45) is 0 Å². The highest BCUT2D eigenvalue weighted by Crippen LogP contribution is 2.38. The summed E-state index contributed by atoms with van der Waals surface area (Å²) in [7, 11) is -3.86. The summed E-state index contributed by atoms with van der Waals surface area (Å²) in [5, 5.41) is 20.3. The lowest BCUT2D eigenvalue weighted by molar-refractivity contribution is 0.0117. The fraction of sp³-hybridized carbons (Fsp3) is 0.444. The van der Waals surface area contributed by atoms with Crippen LogP contribution in [0.1, 0.15) is 86.4 Å². The lowest BCUT2D eigenvalue weighted by Gasteiger charge is -2.29. The SMILES string of the molecule is CC(C)(C)OC(=O)N(CCOc1ccc(-c2ccc(C(=O)NS(=O)(=O)CCCO)c(C3CCCC3)c2)cc1)C[C@H](O)c1cccc(Cl)c1. The van der Waals surface area contributed by atoms with Gasteiger partial charge in [-0.3, -0.25) is 4.79 Å². The topological polar surface area (TPSA) is 142 Å². The van der Waals surface area contributed by atoms with Crippen LogP contribution in [0.4, 0.5) is 4.79 Å². The molecule has 0 heterocycles. The summed E-state index contributed by atoms with van der Waals surface area (Å²) in [5.41, 5.74) is 2.80. The number of aliphatic hydroxyl groups is 2. The minimum Gasteiger partial charge on any atom is -0.492 e. The number of rotatable bonds is 14. The molecular weight excluding hydrogens is 656 g/mol. The molecule has 0 saturated heterocycles. The Morgan fingerprint density at radius 2 is 1.71 bits per heavy atom. The molecule has 3 N–H and O–H groups in total. The molecule has 0 bridgehead atoms. The van der Waals surface area contributed by atoms with E-state index in [2.05, 4.69) is 4.72 Å². The standard InChI is InChI=1S/C36H45ClN2O8S/c1-36(2,3)47-35(43)39(24-33(41)28-10-6-11-29(37)22-28)18-20-46-30-15-12-25(13-16-30)27-14-17-31(32(23-27)26-8-4-5-9-26)34(42)38-48(44,45)21-7-19-40/h6,10-17,22-23,26,33,40-41H,4-5,7-9,18-21,24H2,1-3H3,(H,38,42)/t33-/m0/s1. The molecule has 1 fully saturated rings. The predicted octanol–water partition coefficient (Wildman–Crippen LogP) is 6.46. The van der Waals surface area contributed by atoms with Crippen molar-refractivity contribution in [1.29, 1.82) is 0 Å². The number of carbonyl (C=O) groups is 2. The Labute approximate surface area is 288 Å². The highest BCUT2D eigenvalue weighted by molar-refractivity contribution is 7.90. The highest BCUT2D eigenvalue weighted by Gasteiger charge is 2.27. The van der Waals surface area contributed by atoms with Gasteiger partial charge < -0.3 is 24.6 Å². The van der Waals surface area contributed by atoms with Gasteiger partial charge in [-0.05, 0) is 98.5 Å². The number of aliphatic hydroxyl groups excluding tert-OH is 2. The largest absolute Gasteiger partial charge is 0.492 e. The van der Waals surface area contributed by atoms with Crippen LogP contribution < -0.4 is 9.46 Å². The van der Waals surface area contributed by atoms with Gasteiger partial charge in [0.1, 0.15) is 18.0 Å². The third kappa shape index (κ3) is 10.9. The Hall–Kier alpha value is -3.64. The molecule has 1 saturated carbocycles. The number of nitrogens with one attached hydrogen (secondary N) is 1. The zero-order chi connectivity index (χ0) is 34.9. The van der Waals surface area contributed by atoms with Crippen LogP contribution in [0, 0.1) is 0 Å². The van der Waals surface area contributed by atoms with Gasteiger partial charge in [-0.15, -0.1) is 0 Å². The number of halogens is 1. The zero-order valence-electron chi connectivity index (χ0n) is 27.7. The van der Waals surface area contributed by atoms with Gasteiger partial charge in [0.2, 0.25) is 10.0 Å². The molecule has 10 nitrogen and oxygen atoms in total. The molecule has 0 radical (unpaired) electrons. The Morgan fingerprint density at radius 3 is 2.35 bits per heavy atom. The Morgan fingerprint density at radius 1 is 1.02 bits per heavy atom. The van der Waals surface area contributed by atoms with Crippen molar-refractivity contribution < 1.29 is 37.7 Å². The lowest BCUT2D eigenvalue weighted by atomic mass is 9.89. The van der Waals surface area contributed by atoms with E-state index < -0.39 is 33.7 Å². The number of nitrogens with zero attached hydrogens (tertiary/aromatic N) is 1. The molecule has 1 atom stereocenters. The number of hydrogen-bond acceptors (Lipinski definition) is 8. The number of benzene rings is 3. The first-order valence-electron chi connectivity index (χ1n) is 16.2. The molecule has 48 heavy (non-hydrogen) atoms. The van der Waals surface area contributed by atoms with Crippen molar-refractivity contribution in [3.8, 4) is 16.9 Å². The van der Waals surface area contributed by atoms with E-state index in [9.17, 15) is 23.1 Å². The molecule has 1 aliphatic rings. The number of ether oxygens (including phenoxy) is 2. The summed E-state index contributed by atoms with van der Waals surface area (Å²) >= 11 is 6.09. The van der Waals surface area contributed by atoms with E-state index in [1.807, 2.05) is 30.3 Å². The Bertz CT molecular complexity index is 1650. The van der Waals surface area contributed by atoms with E-state index in [4.69, 9.17) is 26.2 Å². The van der Waals surface area contributed by atoms with E-state index >= 15 is 0 Å². The zero-order valence-corrected chi connectivity index (χ0v) is 29.2. The first-order chi connectivity index (χ1) is 22.7. The third-order valence-electron chi connectivity index (χ3n) is 8.01. The number of carbonyl (C=O) groups excluding carboxylic acids is 2. The summed E-state index contributed by atoms with van der Waals surface area (Å²) < 4.78 is 38.4. The fourth-order valence-corrected chi connectivity index (χ4v) is 6.86. The second-order valence-corrected chi connectivity index (χ2v) is 15.3. The average molecular weight is 701 g/mol.